The molecule has 1 aliphatic rings. The maximum Gasteiger partial charge on any atom is 0.338 e. The first-order valence-electron chi connectivity index (χ1n) is 10.0. The van der Waals surface area contributed by atoms with E-state index in [0.29, 0.717) is 13.0 Å². The highest BCUT2D eigenvalue weighted by Crippen LogP contribution is 2.22. The third-order valence-corrected chi connectivity index (χ3v) is 4.90. The number of piperidine rings is 1. The number of hydrogen-bond donors (Lipinski definition) is 1. The molecule has 2 amide bonds. The van der Waals surface area contributed by atoms with Gasteiger partial charge in [-0.1, -0.05) is 12.1 Å². The van der Waals surface area contributed by atoms with Gasteiger partial charge in [0.1, 0.15) is 0 Å². The van der Waals surface area contributed by atoms with Crippen molar-refractivity contribution < 1.29 is 24.0 Å². The molecule has 0 radical (unpaired) electrons. The molecule has 2 aromatic carbocycles. The van der Waals surface area contributed by atoms with E-state index in [9.17, 15) is 24.5 Å². The van der Waals surface area contributed by atoms with Crippen LogP contribution < -0.4 is 10.2 Å². The first-order valence-corrected chi connectivity index (χ1v) is 10.0. The van der Waals surface area contributed by atoms with Gasteiger partial charge in [-0.2, -0.15) is 0 Å². The van der Waals surface area contributed by atoms with Crippen LogP contribution >= 0.6 is 0 Å². The number of nitro benzene ring substituents is 1. The van der Waals surface area contributed by atoms with Crippen molar-refractivity contribution in [3.8, 4) is 0 Å². The number of nitrogens with zero attached hydrogens (tertiary/aromatic N) is 2. The Morgan fingerprint density at radius 1 is 1.16 bits per heavy atom. The van der Waals surface area contributed by atoms with E-state index < -0.39 is 16.8 Å². The molecule has 0 unspecified atom stereocenters. The van der Waals surface area contributed by atoms with Crippen molar-refractivity contribution in [2.45, 2.75) is 32.7 Å². The number of amides is 2. The van der Waals surface area contributed by atoms with E-state index in [0.717, 1.165) is 36.2 Å². The number of rotatable bonds is 7. The lowest BCUT2D eigenvalue weighted by atomic mass is 10.1. The molecule has 2 aromatic rings. The fraction of sp³-hybridized carbons (Fsp3) is 0.318. The van der Waals surface area contributed by atoms with E-state index in [1.54, 1.807) is 11.8 Å². The molecule has 9 heteroatoms. The molecule has 0 atom stereocenters. The monoisotopic (exact) mass is 425 g/mol. The molecule has 1 N–H and O–H groups in total. The summed E-state index contributed by atoms with van der Waals surface area (Å²) in [5.41, 5.74) is 1.10. The van der Waals surface area contributed by atoms with Crippen LogP contribution in [0.1, 0.15) is 52.5 Å². The van der Waals surface area contributed by atoms with E-state index in [4.69, 9.17) is 4.74 Å². The Morgan fingerprint density at radius 2 is 1.94 bits per heavy atom. The van der Waals surface area contributed by atoms with Gasteiger partial charge in [0.15, 0.2) is 0 Å². The van der Waals surface area contributed by atoms with Gasteiger partial charge in [-0.3, -0.25) is 19.7 Å². The first kappa shape index (κ1) is 21.9. The summed E-state index contributed by atoms with van der Waals surface area (Å²) >= 11 is 0. The molecule has 1 saturated heterocycles. The van der Waals surface area contributed by atoms with Crippen molar-refractivity contribution in [3.63, 3.8) is 0 Å². The van der Waals surface area contributed by atoms with Crippen LogP contribution in [0.5, 0.6) is 0 Å². The van der Waals surface area contributed by atoms with Crippen molar-refractivity contribution in [1.82, 2.24) is 5.32 Å². The quantitative estimate of drug-likeness (QED) is 0.413. The molecule has 0 bridgehead atoms. The number of hydrogen-bond acceptors (Lipinski definition) is 6. The molecular weight excluding hydrogens is 402 g/mol. The standard InChI is InChI=1S/C22H23N3O6/c1-2-31-22(28)17-11-16(12-19(13-17)25(29)30)21(27)23-14-15-6-5-7-18(10-15)24-9-4-3-8-20(24)26/h5-7,10-13H,2-4,8-9,14H2,1H3,(H,23,27). The number of carbonyl (C=O) groups excluding carboxylic acids is 3. The zero-order chi connectivity index (χ0) is 22.4. The van der Waals surface area contributed by atoms with E-state index in [1.807, 2.05) is 24.3 Å². The lowest BCUT2D eigenvalue weighted by molar-refractivity contribution is -0.384. The lowest BCUT2D eigenvalue weighted by Crippen LogP contribution is -2.35. The van der Waals surface area contributed by atoms with E-state index >= 15 is 0 Å². The molecule has 1 heterocycles. The largest absolute Gasteiger partial charge is 0.462 e. The van der Waals surface area contributed by atoms with Gasteiger partial charge in [0.2, 0.25) is 5.91 Å². The maximum atomic E-state index is 12.6. The molecule has 3 rings (SSSR count). The molecule has 162 valence electrons. The second kappa shape index (κ2) is 9.84. The average Bonchev–Trinajstić information content (AvgIpc) is 2.77. The summed E-state index contributed by atoms with van der Waals surface area (Å²) in [5, 5.41) is 13.9. The van der Waals surface area contributed by atoms with Crippen molar-refractivity contribution in [2.75, 3.05) is 18.1 Å². The minimum absolute atomic E-state index is 0.0142. The number of benzene rings is 2. The molecule has 1 aliphatic heterocycles. The summed E-state index contributed by atoms with van der Waals surface area (Å²) < 4.78 is 4.88. The second-order valence-corrected chi connectivity index (χ2v) is 7.10. The Labute approximate surface area is 179 Å². The van der Waals surface area contributed by atoms with Crippen LogP contribution in [-0.4, -0.2) is 35.9 Å². The second-order valence-electron chi connectivity index (χ2n) is 7.10. The zero-order valence-electron chi connectivity index (χ0n) is 17.1. The third kappa shape index (κ3) is 5.44. The van der Waals surface area contributed by atoms with Gasteiger partial charge >= 0.3 is 5.97 Å². The van der Waals surface area contributed by atoms with Crippen LogP contribution in [0, 0.1) is 10.1 Å². The lowest BCUT2D eigenvalue weighted by Gasteiger charge is -2.27. The molecule has 0 spiro atoms. The Morgan fingerprint density at radius 3 is 2.65 bits per heavy atom. The Kier molecular flexibility index (Phi) is 6.96. The summed E-state index contributed by atoms with van der Waals surface area (Å²) in [5.74, 6) is -1.22. The van der Waals surface area contributed by atoms with Gasteiger partial charge in [0, 0.05) is 42.9 Å². The molecule has 9 nitrogen and oxygen atoms in total. The molecule has 1 fully saturated rings. The third-order valence-electron chi connectivity index (χ3n) is 4.90. The van der Waals surface area contributed by atoms with Gasteiger partial charge in [0.05, 0.1) is 17.1 Å². The van der Waals surface area contributed by atoms with Crippen molar-refractivity contribution in [1.29, 1.82) is 0 Å². The number of anilines is 1. The van der Waals surface area contributed by atoms with Crippen LogP contribution in [0.4, 0.5) is 11.4 Å². The maximum absolute atomic E-state index is 12.6. The van der Waals surface area contributed by atoms with Crippen LogP contribution in [0.3, 0.4) is 0 Å². The van der Waals surface area contributed by atoms with Gasteiger partial charge in [-0.25, -0.2) is 4.79 Å². The van der Waals surface area contributed by atoms with Crippen LogP contribution in [0.2, 0.25) is 0 Å². The predicted molar refractivity (Wildman–Crippen MR) is 113 cm³/mol. The summed E-state index contributed by atoms with van der Waals surface area (Å²) in [6, 6.07) is 10.8. The van der Waals surface area contributed by atoms with Crippen molar-refractivity contribution in [3.05, 3.63) is 69.3 Å². The molecular formula is C22H23N3O6. The minimum atomic E-state index is -0.737. The minimum Gasteiger partial charge on any atom is -0.462 e. The van der Waals surface area contributed by atoms with Gasteiger partial charge in [-0.05, 0) is 43.5 Å². The van der Waals surface area contributed by atoms with Crippen molar-refractivity contribution >= 4 is 29.2 Å². The summed E-state index contributed by atoms with van der Waals surface area (Å²) in [6.45, 7) is 2.55. The topological polar surface area (TPSA) is 119 Å². The molecule has 0 aromatic heterocycles. The molecule has 31 heavy (non-hydrogen) atoms. The first-order chi connectivity index (χ1) is 14.9. The molecule has 0 aliphatic carbocycles. The molecule has 0 saturated carbocycles. The zero-order valence-corrected chi connectivity index (χ0v) is 17.1. The van der Waals surface area contributed by atoms with Gasteiger partial charge < -0.3 is 15.0 Å². The highest BCUT2D eigenvalue weighted by Gasteiger charge is 2.21. The van der Waals surface area contributed by atoms with Gasteiger partial charge in [0.25, 0.3) is 11.6 Å². The fourth-order valence-electron chi connectivity index (χ4n) is 3.38. The Bertz CT molecular complexity index is 1020. The summed E-state index contributed by atoms with van der Waals surface area (Å²) in [7, 11) is 0. The Balaban J connectivity index is 1.75. The Hall–Kier alpha value is -3.75. The van der Waals surface area contributed by atoms with Crippen LogP contribution in [-0.2, 0) is 16.1 Å². The summed E-state index contributed by atoms with van der Waals surface area (Å²) in [4.78, 5) is 49.0. The van der Waals surface area contributed by atoms with Gasteiger partial charge in [-0.15, -0.1) is 0 Å². The predicted octanol–water partition coefficient (Wildman–Crippen LogP) is 3.22. The van der Waals surface area contributed by atoms with E-state index in [2.05, 4.69) is 5.32 Å². The smallest absolute Gasteiger partial charge is 0.338 e. The number of nitrogens with one attached hydrogen (secondary N) is 1. The van der Waals surface area contributed by atoms with Crippen LogP contribution in [0.15, 0.2) is 42.5 Å². The number of ether oxygens (including phenoxy) is 1. The van der Waals surface area contributed by atoms with E-state index in [1.165, 1.54) is 6.07 Å². The fourth-order valence-corrected chi connectivity index (χ4v) is 3.38. The average molecular weight is 425 g/mol. The van der Waals surface area contributed by atoms with Crippen LogP contribution in [0.25, 0.3) is 0 Å². The number of esters is 1. The number of non-ortho nitro benzene ring substituents is 1. The summed E-state index contributed by atoms with van der Waals surface area (Å²) in [6.07, 6.45) is 2.36. The SMILES string of the molecule is CCOC(=O)c1cc(C(=O)NCc2cccc(N3CCCCC3=O)c2)cc([N+](=O)[O-])c1. The normalized spacial score (nSPS) is 13.6. The van der Waals surface area contributed by atoms with Crippen molar-refractivity contribution in [2.24, 2.45) is 0 Å². The highest BCUT2D eigenvalue weighted by atomic mass is 16.6. The highest BCUT2D eigenvalue weighted by molar-refractivity contribution is 5.99. The number of nitro groups is 1. The number of carbonyl (C=O) groups is 3. The van der Waals surface area contributed by atoms with E-state index in [-0.39, 0.29) is 35.9 Å².